The Bertz CT molecular complexity index is 432. The van der Waals surface area contributed by atoms with Crippen LogP contribution in [-0.4, -0.2) is 23.5 Å². The fraction of sp³-hybridized carbons (Fsp3) is 0.714. The van der Waals surface area contributed by atoms with Gasteiger partial charge in [0.15, 0.2) is 11.6 Å². The average Bonchev–Trinajstić information content (AvgIpc) is 2.37. The molecule has 1 aromatic rings. The van der Waals surface area contributed by atoms with Gasteiger partial charge in [-0.2, -0.15) is 0 Å². The standard InChI is InChI=1S/C9H10F2.C9H19N.3CH4.Y/c1-6(2)7-3-4-8(10)9(11)5-7;1-4-10(8(2)3)9-6-5-7-9;;;;/h3-6H,1-2H3;8-9H,4-7H2,1-3H3;3*1H4;. The molecular weight excluding hydrogens is 393 g/mol. The fourth-order valence-electron chi connectivity index (χ4n) is 2.63. The Hall–Kier alpha value is 0.144. The molecule has 0 unspecified atom stereocenters. The van der Waals surface area contributed by atoms with Crippen LogP contribution in [0, 0.1) is 11.6 Å². The average molecular weight is 434 g/mol. The summed E-state index contributed by atoms with van der Waals surface area (Å²) in [5.41, 5.74) is 0.823. The van der Waals surface area contributed by atoms with E-state index in [4.69, 9.17) is 0 Å². The molecule has 0 atom stereocenters. The summed E-state index contributed by atoms with van der Waals surface area (Å²) in [6, 6.07) is 5.66. The van der Waals surface area contributed by atoms with Crippen molar-refractivity contribution in [2.75, 3.05) is 6.54 Å². The van der Waals surface area contributed by atoms with Gasteiger partial charge >= 0.3 is 0 Å². The van der Waals surface area contributed by atoms with Gasteiger partial charge in [-0.05, 0) is 56.8 Å². The van der Waals surface area contributed by atoms with Crippen molar-refractivity contribution in [1.29, 1.82) is 0 Å². The fourth-order valence-corrected chi connectivity index (χ4v) is 2.63. The van der Waals surface area contributed by atoms with E-state index in [2.05, 4.69) is 25.7 Å². The first-order valence-corrected chi connectivity index (χ1v) is 8.07. The molecule has 4 heteroatoms. The van der Waals surface area contributed by atoms with Gasteiger partial charge in [0.05, 0.1) is 0 Å². The Morgan fingerprint density at radius 2 is 1.52 bits per heavy atom. The van der Waals surface area contributed by atoms with E-state index in [-0.39, 0.29) is 60.9 Å². The van der Waals surface area contributed by atoms with Crippen molar-refractivity contribution >= 4 is 0 Å². The van der Waals surface area contributed by atoms with E-state index < -0.39 is 11.6 Å². The van der Waals surface area contributed by atoms with Crippen LogP contribution in [0.2, 0.25) is 0 Å². The van der Waals surface area contributed by atoms with Gasteiger partial charge in [-0.3, -0.25) is 4.90 Å². The molecule has 25 heavy (non-hydrogen) atoms. The molecule has 2 rings (SSSR count). The molecule has 0 amide bonds. The molecule has 1 aromatic carbocycles. The SMILES string of the molecule is C.C.C.CC(C)c1ccc(F)c(F)c1.CCN(C(C)C)C1CCC1.[Y]. The van der Waals surface area contributed by atoms with Gasteiger partial charge in [0.25, 0.3) is 0 Å². The first-order valence-electron chi connectivity index (χ1n) is 8.07. The number of hydrogen-bond acceptors (Lipinski definition) is 1. The molecule has 1 fully saturated rings. The molecular formula is C21H41F2NY. The maximum atomic E-state index is 12.6. The molecule has 0 bridgehead atoms. The number of nitrogens with zero attached hydrogens (tertiary/aromatic N) is 1. The Labute approximate surface area is 181 Å². The molecule has 1 radical (unpaired) electrons. The third-order valence-electron chi connectivity index (χ3n) is 4.18. The molecule has 1 saturated carbocycles. The Kier molecular flexibility index (Phi) is 21.4. The van der Waals surface area contributed by atoms with Gasteiger partial charge in [0, 0.05) is 44.8 Å². The predicted octanol–water partition coefficient (Wildman–Crippen LogP) is 7.26. The molecule has 1 aliphatic carbocycles. The summed E-state index contributed by atoms with van der Waals surface area (Å²) in [6.07, 6.45) is 4.33. The van der Waals surface area contributed by atoms with Crippen LogP contribution in [0.1, 0.15) is 87.6 Å². The predicted molar refractivity (Wildman–Crippen MR) is 106 cm³/mol. The van der Waals surface area contributed by atoms with Crippen LogP contribution in [0.25, 0.3) is 0 Å². The molecule has 147 valence electrons. The third-order valence-corrected chi connectivity index (χ3v) is 4.18. The van der Waals surface area contributed by atoms with Gasteiger partial charge < -0.3 is 0 Å². The molecule has 0 spiro atoms. The smallest absolute Gasteiger partial charge is 0.159 e. The van der Waals surface area contributed by atoms with Crippen molar-refractivity contribution in [3.05, 3.63) is 35.4 Å². The normalized spacial score (nSPS) is 12.7. The van der Waals surface area contributed by atoms with E-state index in [0.29, 0.717) is 0 Å². The maximum Gasteiger partial charge on any atom is 0.159 e. The van der Waals surface area contributed by atoms with Crippen LogP contribution in [0.4, 0.5) is 8.78 Å². The van der Waals surface area contributed by atoms with Crippen LogP contribution in [0.3, 0.4) is 0 Å². The summed E-state index contributed by atoms with van der Waals surface area (Å²) in [5, 5.41) is 0. The van der Waals surface area contributed by atoms with Gasteiger partial charge in [-0.1, -0.05) is 55.5 Å². The van der Waals surface area contributed by atoms with E-state index in [1.807, 2.05) is 13.8 Å². The topological polar surface area (TPSA) is 3.24 Å². The Morgan fingerprint density at radius 3 is 1.76 bits per heavy atom. The monoisotopic (exact) mass is 434 g/mol. The van der Waals surface area contributed by atoms with E-state index in [1.54, 1.807) is 6.07 Å². The summed E-state index contributed by atoms with van der Waals surface area (Å²) in [7, 11) is 0. The van der Waals surface area contributed by atoms with Crippen molar-refractivity contribution in [2.45, 2.75) is 94.2 Å². The first kappa shape index (κ1) is 32.8. The van der Waals surface area contributed by atoms with Crippen molar-refractivity contribution in [1.82, 2.24) is 4.90 Å². The minimum absolute atomic E-state index is 0. The zero-order valence-electron chi connectivity index (χ0n) is 14.6. The first-order chi connectivity index (χ1) is 9.86. The molecule has 0 aromatic heterocycles. The van der Waals surface area contributed by atoms with E-state index in [9.17, 15) is 8.78 Å². The summed E-state index contributed by atoms with van der Waals surface area (Å²) in [6.45, 7) is 11.9. The van der Waals surface area contributed by atoms with E-state index in [0.717, 1.165) is 23.7 Å². The number of rotatable bonds is 4. The van der Waals surface area contributed by atoms with Crippen molar-refractivity contribution in [3.8, 4) is 0 Å². The van der Waals surface area contributed by atoms with Crippen LogP contribution in [-0.2, 0) is 32.7 Å². The third kappa shape index (κ3) is 10.8. The largest absolute Gasteiger partial charge is 0.298 e. The summed E-state index contributed by atoms with van der Waals surface area (Å²) < 4.78 is 25.0. The zero-order valence-corrected chi connectivity index (χ0v) is 17.4. The molecule has 0 N–H and O–H groups in total. The molecule has 0 aliphatic heterocycles. The second-order valence-electron chi connectivity index (χ2n) is 6.34. The van der Waals surface area contributed by atoms with E-state index in [1.165, 1.54) is 31.9 Å². The second-order valence-corrected chi connectivity index (χ2v) is 6.34. The quantitative estimate of drug-likeness (QED) is 0.482. The second kappa shape index (κ2) is 16.3. The molecule has 0 heterocycles. The summed E-state index contributed by atoms with van der Waals surface area (Å²) >= 11 is 0. The van der Waals surface area contributed by atoms with Crippen LogP contribution < -0.4 is 0 Å². The Balaban J connectivity index is -0.000000152. The van der Waals surface area contributed by atoms with Gasteiger partial charge in [-0.15, -0.1) is 0 Å². The Morgan fingerprint density at radius 1 is 1.00 bits per heavy atom. The maximum absolute atomic E-state index is 12.6. The molecule has 0 saturated heterocycles. The van der Waals surface area contributed by atoms with Crippen molar-refractivity contribution < 1.29 is 41.5 Å². The summed E-state index contributed by atoms with van der Waals surface area (Å²) in [4.78, 5) is 2.60. The van der Waals surface area contributed by atoms with Gasteiger partial charge in [-0.25, -0.2) is 8.78 Å². The molecule has 1 nitrogen and oxygen atoms in total. The van der Waals surface area contributed by atoms with Gasteiger partial charge in [0.2, 0.25) is 0 Å². The molecule has 1 aliphatic rings. The van der Waals surface area contributed by atoms with Gasteiger partial charge in [0.1, 0.15) is 0 Å². The van der Waals surface area contributed by atoms with Crippen molar-refractivity contribution in [3.63, 3.8) is 0 Å². The van der Waals surface area contributed by atoms with Crippen LogP contribution >= 0.6 is 0 Å². The summed E-state index contributed by atoms with van der Waals surface area (Å²) in [5.74, 6) is -1.31. The van der Waals surface area contributed by atoms with Crippen LogP contribution in [0.5, 0.6) is 0 Å². The number of hydrogen-bond donors (Lipinski definition) is 0. The number of benzene rings is 1. The van der Waals surface area contributed by atoms with E-state index >= 15 is 0 Å². The van der Waals surface area contributed by atoms with Crippen molar-refractivity contribution in [2.24, 2.45) is 0 Å². The van der Waals surface area contributed by atoms with Crippen LogP contribution in [0.15, 0.2) is 18.2 Å². The minimum Gasteiger partial charge on any atom is -0.298 e. The number of halogens is 2. The zero-order chi connectivity index (χ0) is 16.0. The minimum atomic E-state index is -0.783.